The summed E-state index contributed by atoms with van der Waals surface area (Å²) in [4.78, 5) is 5.88. The number of aliphatic imine (C=N–C) groups is 1. The van der Waals surface area contributed by atoms with E-state index in [1.807, 2.05) is 11.3 Å². The molecule has 3 nitrogen and oxygen atoms in total. The summed E-state index contributed by atoms with van der Waals surface area (Å²) < 4.78 is 2.74. The maximum Gasteiger partial charge on any atom is 0.191 e. The molecule has 0 fully saturated rings. The highest BCUT2D eigenvalue weighted by atomic mass is 127. The molecule has 0 amide bonds. The van der Waals surface area contributed by atoms with Crippen LogP contribution in [0.25, 0.3) is 9.40 Å². The van der Waals surface area contributed by atoms with E-state index in [4.69, 9.17) is 0 Å². The lowest BCUT2D eigenvalue weighted by molar-refractivity contribution is 0.841. The fraction of sp³-hybridized carbons (Fsp3) is 0.417. The molecule has 2 heterocycles. The van der Waals surface area contributed by atoms with Gasteiger partial charge in [-0.05, 0) is 31.4 Å². The molecule has 0 aromatic carbocycles. The highest BCUT2D eigenvalue weighted by Gasteiger charge is 2.02. The van der Waals surface area contributed by atoms with Gasteiger partial charge in [0, 0.05) is 27.4 Å². The van der Waals surface area contributed by atoms with Crippen LogP contribution in [-0.2, 0) is 6.54 Å². The first kappa shape index (κ1) is 15.7. The van der Waals surface area contributed by atoms with E-state index in [9.17, 15) is 0 Å². The van der Waals surface area contributed by atoms with Crippen molar-refractivity contribution in [2.75, 3.05) is 13.1 Å². The Morgan fingerprint density at radius 3 is 2.56 bits per heavy atom. The van der Waals surface area contributed by atoms with Crippen LogP contribution in [0.5, 0.6) is 0 Å². The number of rotatable bonds is 4. The fourth-order valence-electron chi connectivity index (χ4n) is 1.56. The van der Waals surface area contributed by atoms with Crippen LogP contribution in [0, 0.1) is 0 Å². The molecule has 0 bridgehead atoms. The number of nitrogens with zero attached hydrogens (tertiary/aromatic N) is 1. The summed E-state index contributed by atoms with van der Waals surface area (Å²) in [5, 5.41) is 8.59. The number of thiophene rings is 2. The van der Waals surface area contributed by atoms with Crippen LogP contribution >= 0.6 is 46.7 Å². The van der Waals surface area contributed by atoms with Gasteiger partial charge in [0.05, 0.1) is 6.54 Å². The standard InChI is InChI=1S/C12H17N3S2.HI/c1-3-13-12(14-4-2)15-8-9-7-11-10(17-9)5-6-16-11;/h5-7H,3-4,8H2,1-2H3,(H2,13,14,15);1H. The van der Waals surface area contributed by atoms with E-state index in [1.165, 1.54) is 14.3 Å². The summed E-state index contributed by atoms with van der Waals surface area (Å²) in [6, 6.07) is 4.41. The molecule has 0 unspecified atom stereocenters. The number of hydrogen-bond acceptors (Lipinski definition) is 3. The molecule has 0 aliphatic heterocycles. The van der Waals surface area contributed by atoms with Crippen LogP contribution in [0.3, 0.4) is 0 Å². The predicted octanol–water partition coefficient (Wildman–Crippen LogP) is 3.66. The molecule has 2 aromatic heterocycles. The first-order valence-corrected chi connectivity index (χ1v) is 7.51. The normalized spacial score (nSPS) is 9.89. The van der Waals surface area contributed by atoms with Crippen LogP contribution in [-0.4, -0.2) is 19.0 Å². The van der Waals surface area contributed by atoms with Gasteiger partial charge in [-0.3, -0.25) is 0 Å². The van der Waals surface area contributed by atoms with Gasteiger partial charge in [0.15, 0.2) is 5.96 Å². The average molecular weight is 395 g/mol. The van der Waals surface area contributed by atoms with Crippen molar-refractivity contribution in [1.29, 1.82) is 0 Å². The topological polar surface area (TPSA) is 36.4 Å². The summed E-state index contributed by atoms with van der Waals surface area (Å²) in [5.41, 5.74) is 0. The second kappa shape index (κ2) is 7.96. The zero-order chi connectivity index (χ0) is 12.1. The molecule has 100 valence electrons. The van der Waals surface area contributed by atoms with E-state index in [0.717, 1.165) is 25.6 Å². The Bertz CT molecular complexity index is 468. The second-order valence-electron chi connectivity index (χ2n) is 3.59. The molecule has 0 radical (unpaired) electrons. The van der Waals surface area contributed by atoms with Crippen LogP contribution in [0.1, 0.15) is 18.7 Å². The van der Waals surface area contributed by atoms with E-state index in [1.54, 1.807) is 11.3 Å². The number of halogens is 1. The monoisotopic (exact) mass is 395 g/mol. The molecule has 0 spiro atoms. The summed E-state index contributed by atoms with van der Waals surface area (Å²) >= 11 is 3.62. The minimum absolute atomic E-state index is 0. The van der Waals surface area contributed by atoms with Crippen LogP contribution in [0.15, 0.2) is 22.5 Å². The largest absolute Gasteiger partial charge is 0.357 e. The lowest BCUT2D eigenvalue weighted by Gasteiger charge is -2.08. The highest BCUT2D eigenvalue weighted by molar-refractivity contribution is 14.0. The molecule has 0 saturated carbocycles. The average Bonchev–Trinajstić information content (AvgIpc) is 2.86. The molecule has 18 heavy (non-hydrogen) atoms. The van der Waals surface area contributed by atoms with Crippen molar-refractivity contribution in [2.24, 2.45) is 4.99 Å². The molecular weight excluding hydrogens is 377 g/mol. The van der Waals surface area contributed by atoms with Gasteiger partial charge in [-0.2, -0.15) is 0 Å². The third-order valence-electron chi connectivity index (χ3n) is 2.27. The molecule has 2 rings (SSSR count). The summed E-state index contributed by atoms with van der Waals surface area (Å²) in [7, 11) is 0. The third kappa shape index (κ3) is 4.10. The Kier molecular flexibility index (Phi) is 6.95. The molecule has 2 N–H and O–H groups in total. The molecule has 0 aliphatic carbocycles. The van der Waals surface area contributed by atoms with E-state index < -0.39 is 0 Å². The fourth-order valence-corrected chi connectivity index (χ4v) is 3.62. The van der Waals surface area contributed by atoms with Crippen molar-refractivity contribution in [3.63, 3.8) is 0 Å². The Labute approximate surface area is 133 Å². The summed E-state index contributed by atoms with van der Waals surface area (Å²) in [6.07, 6.45) is 0. The van der Waals surface area contributed by atoms with Crippen molar-refractivity contribution in [3.8, 4) is 0 Å². The molecule has 2 aromatic rings. The number of guanidine groups is 1. The van der Waals surface area contributed by atoms with Crippen molar-refractivity contribution < 1.29 is 0 Å². The van der Waals surface area contributed by atoms with E-state index in [2.05, 4.69) is 47.0 Å². The van der Waals surface area contributed by atoms with Gasteiger partial charge in [-0.1, -0.05) is 0 Å². The molecular formula is C12H18IN3S2. The first-order valence-electron chi connectivity index (χ1n) is 5.81. The molecule has 0 atom stereocenters. The predicted molar refractivity (Wildman–Crippen MR) is 93.6 cm³/mol. The Balaban J connectivity index is 0.00000162. The zero-order valence-corrected chi connectivity index (χ0v) is 14.5. The van der Waals surface area contributed by atoms with Gasteiger partial charge in [0.25, 0.3) is 0 Å². The summed E-state index contributed by atoms with van der Waals surface area (Å²) in [6.45, 7) is 6.69. The van der Waals surface area contributed by atoms with Crippen LogP contribution in [0.4, 0.5) is 0 Å². The maximum absolute atomic E-state index is 4.56. The number of hydrogen-bond donors (Lipinski definition) is 2. The maximum atomic E-state index is 4.56. The van der Waals surface area contributed by atoms with Crippen LogP contribution < -0.4 is 10.6 Å². The van der Waals surface area contributed by atoms with Crippen LogP contribution in [0.2, 0.25) is 0 Å². The van der Waals surface area contributed by atoms with E-state index >= 15 is 0 Å². The van der Waals surface area contributed by atoms with Gasteiger partial charge >= 0.3 is 0 Å². The van der Waals surface area contributed by atoms with Gasteiger partial charge in [0.1, 0.15) is 0 Å². The lowest BCUT2D eigenvalue weighted by atomic mass is 10.4. The van der Waals surface area contributed by atoms with Crippen molar-refractivity contribution in [2.45, 2.75) is 20.4 Å². The van der Waals surface area contributed by atoms with Crippen molar-refractivity contribution in [3.05, 3.63) is 22.4 Å². The van der Waals surface area contributed by atoms with Gasteiger partial charge < -0.3 is 10.6 Å². The van der Waals surface area contributed by atoms with E-state index in [0.29, 0.717) is 0 Å². The Morgan fingerprint density at radius 2 is 1.94 bits per heavy atom. The second-order valence-corrected chi connectivity index (χ2v) is 5.70. The minimum Gasteiger partial charge on any atom is -0.357 e. The van der Waals surface area contributed by atoms with Gasteiger partial charge in [-0.25, -0.2) is 4.99 Å². The van der Waals surface area contributed by atoms with E-state index in [-0.39, 0.29) is 24.0 Å². The van der Waals surface area contributed by atoms with Crippen molar-refractivity contribution in [1.82, 2.24) is 10.6 Å². The van der Waals surface area contributed by atoms with Crippen molar-refractivity contribution >= 4 is 62.0 Å². The van der Waals surface area contributed by atoms with Gasteiger partial charge in [-0.15, -0.1) is 46.7 Å². The van der Waals surface area contributed by atoms with Gasteiger partial charge in [0.2, 0.25) is 0 Å². The number of fused-ring (bicyclic) bond motifs is 1. The SMILES string of the molecule is CCNC(=NCc1cc2sccc2s1)NCC.I. The number of nitrogens with one attached hydrogen (secondary N) is 2. The first-order chi connectivity index (χ1) is 8.33. The lowest BCUT2D eigenvalue weighted by Crippen LogP contribution is -2.36. The quantitative estimate of drug-likeness (QED) is 0.471. The Morgan fingerprint density at radius 1 is 1.22 bits per heavy atom. The Hall–Kier alpha value is -0.340. The zero-order valence-electron chi connectivity index (χ0n) is 10.5. The smallest absolute Gasteiger partial charge is 0.191 e. The third-order valence-corrected chi connectivity index (χ3v) is 4.35. The molecule has 6 heteroatoms. The molecule has 0 aliphatic rings. The highest BCUT2D eigenvalue weighted by Crippen LogP contribution is 2.30. The molecule has 0 saturated heterocycles. The summed E-state index contributed by atoms with van der Waals surface area (Å²) in [5.74, 6) is 0.895. The minimum atomic E-state index is 0.